The quantitative estimate of drug-likeness (QED) is 0.509. The average molecular weight is 152 g/mol. The van der Waals surface area contributed by atoms with Crippen molar-refractivity contribution in [2.45, 2.75) is 6.92 Å². The van der Waals surface area contributed by atoms with E-state index in [1.807, 2.05) is 11.8 Å². The van der Waals surface area contributed by atoms with E-state index in [-0.39, 0.29) is 5.91 Å². The van der Waals surface area contributed by atoms with Crippen molar-refractivity contribution in [2.75, 3.05) is 26.3 Å². The first-order chi connectivity index (χ1) is 5.27. The Morgan fingerprint density at radius 3 is 2.91 bits per heavy atom. The second-order valence-electron chi connectivity index (χ2n) is 2.58. The highest BCUT2D eigenvalue weighted by molar-refractivity contribution is 5.80. The van der Waals surface area contributed by atoms with Crippen molar-refractivity contribution in [3.63, 3.8) is 0 Å². The summed E-state index contributed by atoms with van der Waals surface area (Å²) in [7, 11) is 0. The number of hydrogen-bond donors (Lipinski definition) is 0. The van der Waals surface area contributed by atoms with Crippen molar-refractivity contribution in [3.05, 3.63) is 0 Å². The van der Waals surface area contributed by atoms with E-state index in [2.05, 4.69) is 5.92 Å². The number of carbonyl (C=O) groups excluding carboxylic acids is 1. The molecule has 3 heteroatoms. The third-order valence-electron chi connectivity index (χ3n) is 1.78. The normalized spacial score (nSPS) is 18.9. The minimum Gasteiger partial charge on any atom is -0.329 e. The standard InChI is InChI=1S/C8H12N2O/c1-3-5-9-6-8(11)10(4-2)7-9/h1H,4-7H2,2H3. The van der Waals surface area contributed by atoms with Gasteiger partial charge in [0.05, 0.1) is 19.8 Å². The van der Waals surface area contributed by atoms with Crippen LogP contribution in [0.1, 0.15) is 6.92 Å². The Labute approximate surface area is 67.0 Å². The maximum atomic E-state index is 11.1. The summed E-state index contributed by atoms with van der Waals surface area (Å²) >= 11 is 0. The van der Waals surface area contributed by atoms with Crippen molar-refractivity contribution in [2.24, 2.45) is 0 Å². The Kier molecular flexibility index (Phi) is 2.50. The molecule has 0 N–H and O–H groups in total. The Morgan fingerprint density at radius 2 is 2.45 bits per heavy atom. The molecule has 60 valence electrons. The molecule has 0 spiro atoms. The van der Waals surface area contributed by atoms with Gasteiger partial charge in [-0.05, 0) is 6.92 Å². The summed E-state index contributed by atoms with van der Waals surface area (Å²) in [5, 5.41) is 0. The van der Waals surface area contributed by atoms with Gasteiger partial charge in [0.1, 0.15) is 0 Å². The summed E-state index contributed by atoms with van der Waals surface area (Å²) in [6.45, 7) is 4.50. The van der Waals surface area contributed by atoms with Crippen LogP contribution in [-0.4, -0.2) is 42.0 Å². The van der Waals surface area contributed by atoms with Gasteiger partial charge in [0.25, 0.3) is 0 Å². The molecule has 1 heterocycles. The van der Waals surface area contributed by atoms with Crippen LogP contribution in [0.4, 0.5) is 0 Å². The zero-order chi connectivity index (χ0) is 8.27. The fourth-order valence-electron chi connectivity index (χ4n) is 1.17. The van der Waals surface area contributed by atoms with Crippen molar-refractivity contribution < 1.29 is 4.79 Å². The highest BCUT2D eigenvalue weighted by atomic mass is 16.2. The fraction of sp³-hybridized carbons (Fsp3) is 0.625. The fourth-order valence-corrected chi connectivity index (χ4v) is 1.17. The molecule has 1 aliphatic heterocycles. The molecule has 0 atom stereocenters. The molecule has 0 unspecified atom stereocenters. The monoisotopic (exact) mass is 152 g/mol. The van der Waals surface area contributed by atoms with Crippen molar-refractivity contribution in [3.8, 4) is 12.3 Å². The summed E-state index contributed by atoms with van der Waals surface area (Å²) in [5.41, 5.74) is 0. The van der Waals surface area contributed by atoms with E-state index in [0.29, 0.717) is 19.8 Å². The van der Waals surface area contributed by atoms with Gasteiger partial charge < -0.3 is 4.90 Å². The number of nitrogens with zero attached hydrogens (tertiary/aromatic N) is 2. The van der Waals surface area contributed by atoms with Gasteiger partial charge in [0.15, 0.2) is 0 Å². The molecule has 0 bridgehead atoms. The first kappa shape index (κ1) is 8.09. The van der Waals surface area contributed by atoms with Gasteiger partial charge in [0.2, 0.25) is 5.91 Å². The molecule has 0 aromatic rings. The molecule has 0 radical (unpaired) electrons. The highest BCUT2D eigenvalue weighted by Gasteiger charge is 2.24. The molecule has 11 heavy (non-hydrogen) atoms. The molecule has 1 saturated heterocycles. The lowest BCUT2D eigenvalue weighted by atomic mass is 10.5. The highest BCUT2D eigenvalue weighted by Crippen LogP contribution is 2.04. The Hall–Kier alpha value is -1.01. The van der Waals surface area contributed by atoms with Crippen LogP contribution in [0.25, 0.3) is 0 Å². The Bertz CT molecular complexity index is 195. The third-order valence-corrected chi connectivity index (χ3v) is 1.78. The summed E-state index contributed by atoms with van der Waals surface area (Å²) < 4.78 is 0. The molecule has 0 aromatic carbocycles. The second kappa shape index (κ2) is 3.40. The van der Waals surface area contributed by atoms with Crippen LogP contribution in [-0.2, 0) is 4.79 Å². The first-order valence-electron chi connectivity index (χ1n) is 3.71. The Morgan fingerprint density at radius 1 is 1.73 bits per heavy atom. The van der Waals surface area contributed by atoms with Crippen LogP contribution >= 0.6 is 0 Å². The molecule has 1 fully saturated rings. The van der Waals surface area contributed by atoms with Crippen LogP contribution in [0.3, 0.4) is 0 Å². The van der Waals surface area contributed by atoms with E-state index in [9.17, 15) is 4.79 Å². The number of amides is 1. The van der Waals surface area contributed by atoms with Crippen LogP contribution in [0.2, 0.25) is 0 Å². The maximum Gasteiger partial charge on any atom is 0.237 e. The maximum absolute atomic E-state index is 11.1. The van der Waals surface area contributed by atoms with Gasteiger partial charge >= 0.3 is 0 Å². The van der Waals surface area contributed by atoms with Crippen LogP contribution in [0.5, 0.6) is 0 Å². The van der Waals surface area contributed by atoms with Gasteiger partial charge in [-0.3, -0.25) is 9.69 Å². The summed E-state index contributed by atoms with van der Waals surface area (Å²) in [5.74, 6) is 2.70. The molecule has 1 aliphatic rings. The lowest BCUT2D eigenvalue weighted by molar-refractivity contribution is -0.126. The number of terminal acetylenes is 1. The van der Waals surface area contributed by atoms with E-state index in [1.54, 1.807) is 4.90 Å². The van der Waals surface area contributed by atoms with Gasteiger partial charge in [-0.1, -0.05) is 5.92 Å². The van der Waals surface area contributed by atoms with Crippen LogP contribution < -0.4 is 0 Å². The second-order valence-corrected chi connectivity index (χ2v) is 2.58. The molecule has 0 saturated carbocycles. The number of rotatable bonds is 2. The molecular formula is C8H12N2O. The zero-order valence-electron chi connectivity index (χ0n) is 6.71. The van der Waals surface area contributed by atoms with Crippen molar-refractivity contribution in [1.29, 1.82) is 0 Å². The SMILES string of the molecule is C#CCN1CC(=O)N(CC)C1. The lowest BCUT2D eigenvalue weighted by Crippen LogP contribution is -2.26. The van der Waals surface area contributed by atoms with Gasteiger partial charge in [-0.25, -0.2) is 0 Å². The predicted molar refractivity (Wildman–Crippen MR) is 42.7 cm³/mol. The third kappa shape index (κ3) is 1.72. The number of carbonyl (C=O) groups is 1. The van der Waals surface area contributed by atoms with E-state index in [1.165, 1.54) is 0 Å². The van der Waals surface area contributed by atoms with E-state index in [4.69, 9.17) is 6.42 Å². The average Bonchev–Trinajstić information content (AvgIpc) is 2.32. The minimum atomic E-state index is 0.183. The first-order valence-corrected chi connectivity index (χ1v) is 3.71. The van der Waals surface area contributed by atoms with E-state index < -0.39 is 0 Å². The smallest absolute Gasteiger partial charge is 0.237 e. The van der Waals surface area contributed by atoms with Gasteiger partial charge in [-0.2, -0.15) is 0 Å². The van der Waals surface area contributed by atoms with E-state index in [0.717, 1.165) is 6.54 Å². The van der Waals surface area contributed by atoms with Crippen LogP contribution in [0.15, 0.2) is 0 Å². The Balaban J connectivity index is 2.44. The topological polar surface area (TPSA) is 23.6 Å². The van der Waals surface area contributed by atoms with Crippen LogP contribution in [0, 0.1) is 12.3 Å². The van der Waals surface area contributed by atoms with Crippen molar-refractivity contribution in [1.82, 2.24) is 9.80 Å². The zero-order valence-corrected chi connectivity index (χ0v) is 6.71. The molecule has 1 amide bonds. The lowest BCUT2D eigenvalue weighted by Gasteiger charge is -2.13. The van der Waals surface area contributed by atoms with Gasteiger partial charge in [-0.15, -0.1) is 6.42 Å². The molecule has 3 nitrogen and oxygen atoms in total. The molecular weight excluding hydrogens is 140 g/mol. The van der Waals surface area contributed by atoms with E-state index >= 15 is 0 Å². The predicted octanol–water partition coefficient (Wildman–Crippen LogP) is -0.259. The molecule has 0 aliphatic carbocycles. The summed E-state index contributed by atoms with van der Waals surface area (Å²) in [4.78, 5) is 14.8. The summed E-state index contributed by atoms with van der Waals surface area (Å²) in [6, 6.07) is 0. The summed E-state index contributed by atoms with van der Waals surface area (Å²) in [6.07, 6.45) is 5.12. The van der Waals surface area contributed by atoms with Crippen molar-refractivity contribution >= 4 is 5.91 Å². The molecule has 1 rings (SSSR count). The number of hydrogen-bond acceptors (Lipinski definition) is 2. The minimum absolute atomic E-state index is 0.183. The molecule has 0 aromatic heterocycles. The number of likely N-dealkylation sites (N-methyl/N-ethyl adjacent to an activating group) is 1. The largest absolute Gasteiger partial charge is 0.329 e. The van der Waals surface area contributed by atoms with Gasteiger partial charge in [0, 0.05) is 6.54 Å².